The molecule has 0 unspecified atom stereocenters. The Labute approximate surface area is 200 Å². The zero-order chi connectivity index (χ0) is 23.4. The van der Waals surface area contributed by atoms with Gasteiger partial charge >= 0.3 is 0 Å². The molecule has 0 amide bonds. The summed E-state index contributed by atoms with van der Waals surface area (Å²) < 4.78 is 22.6. The lowest BCUT2D eigenvalue weighted by atomic mass is 10.1. The van der Waals surface area contributed by atoms with Crippen molar-refractivity contribution < 1.29 is 18.9 Å². The van der Waals surface area contributed by atoms with E-state index in [0.29, 0.717) is 6.79 Å². The summed E-state index contributed by atoms with van der Waals surface area (Å²) in [5, 5.41) is 0. The normalized spacial score (nSPS) is 11.8. The van der Waals surface area contributed by atoms with Crippen molar-refractivity contribution in [1.29, 1.82) is 0 Å². The lowest BCUT2D eigenvalue weighted by Crippen LogP contribution is -2.18. The molecule has 4 nitrogen and oxygen atoms in total. The van der Waals surface area contributed by atoms with Crippen molar-refractivity contribution >= 4 is 0 Å². The minimum atomic E-state index is 0.0193. The fourth-order valence-electron chi connectivity index (χ4n) is 3.48. The van der Waals surface area contributed by atoms with Crippen LogP contribution in [0.2, 0.25) is 0 Å². The van der Waals surface area contributed by atoms with Gasteiger partial charge in [0.1, 0.15) is 0 Å². The van der Waals surface area contributed by atoms with Crippen LogP contribution in [0, 0.1) is 0 Å². The highest BCUT2D eigenvalue weighted by atomic mass is 16.7. The molecule has 0 saturated heterocycles. The van der Waals surface area contributed by atoms with Crippen molar-refractivity contribution in [2.24, 2.45) is 0 Å². The fourth-order valence-corrected chi connectivity index (χ4v) is 3.48. The first-order valence-electron chi connectivity index (χ1n) is 13.9. The monoisotopic (exact) mass is 456 g/mol. The number of hydrogen-bond acceptors (Lipinski definition) is 4. The van der Waals surface area contributed by atoms with E-state index < -0.39 is 0 Å². The van der Waals surface area contributed by atoms with Gasteiger partial charge < -0.3 is 18.9 Å². The van der Waals surface area contributed by atoms with Gasteiger partial charge in [-0.15, -0.1) is 0 Å². The molecule has 0 bridgehead atoms. The van der Waals surface area contributed by atoms with Gasteiger partial charge in [0.2, 0.25) is 0 Å². The largest absolute Gasteiger partial charge is 0.475 e. The van der Waals surface area contributed by atoms with Gasteiger partial charge in [0, 0.05) is 13.2 Å². The summed E-state index contributed by atoms with van der Waals surface area (Å²) in [7, 11) is 0. The van der Waals surface area contributed by atoms with Gasteiger partial charge in [0.25, 0.3) is 0 Å². The second-order valence-electron chi connectivity index (χ2n) is 8.91. The molecule has 0 fully saturated rings. The minimum Gasteiger partial charge on any atom is -0.475 e. The summed E-state index contributed by atoms with van der Waals surface area (Å²) in [5.41, 5.74) is 0. The van der Waals surface area contributed by atoms with Crippen molar-refractivity contribution in [3.8, 4) is 0 Å². The number of hydrogen-bond donors (Lipinski definition) is 0. The molecule has 0 aliphatic carbocycles. The Kier molecular flexibility index (Phi) is 27.9. The molecule has 0 atom stereocenters. The molecule has 0 aliphatic heterocycles. The first-order chi connectivity index (χ1) is 15.8. The third kappa shape index (κ3) is 25.7. The zero-order valence-corrected chi connectivity index (χ0v) is 21.9. The van der Waals surface area contributed by atoms with Gasteiger partial charge in [-0.05, 0) is 51.0 Å². The van der Waals surface area contributed by atoms with E-state index in [0.717, 1.165) is 51.9 Å². The van der Waals surface area contributed by atoms with Crippen molar-refractivity contribution in [2.45, 2.75) is 143 Å². The quantitative estimate of drug-likeness (QED) is 0.0702. The van der Waals surface area contributed by atoms with E-state index in [1.165, 1.54) is 83.5 Å². The third-order valence-electron chi connectivity index (χ3n) is 5.65. The van der Waals surface area contributed by atoms with Crippen LogP contribution >= 0.6 is 0 Å². The van der Waals surface area contributed by atoms with E-state index >= 15 is 0 Å². The van der Waals surface area contributed by atoms with Crippen molar-refractivity contribution in [3.63, 3.8) is 0 Å². The molecule has 32 heavy (non-hydrogen) atoms. The summed E-state index contributed by atoms with van der Waals surface area (Å²) in [6.45, 7) is 9.48. The van der Waals surface area contributed by atoms with Crippen LogP contribution in [0.3, 0.4) is 0 Å². The second-order valence-corrected chi connectivity index (χ2v) is 8.91. The molecule has 0 spiro atoms. The highest BCUT2D eigenvalue weighted by molar-refractivity contribution is 4.72. The van der Waals surface area contributed by atoms with Gasteiger partial charge in [-0.25, -0.2) is 0 Å². The lowest BCUT2D eigenvalue weighted by molar-refractivity contribution is -0.147. The number of allylic oxidation sites excluding steroid dienone is 1. The van der Waals surface area contributed by atoms with Crippen LogP contribution in [-0.2, 0) is 18.9 Å². The average molecular weight is 457 g/mol. The molecule has 0 aliphatic rings. The zero-order valence-electron chi connectivity index (χ0n) is 21.9. The topological polar surface area (TPSA) is 36.9 Å². The van der Waals surface area contributed by atoms with Gasteiger partial charge in [-0.1, -0.05) is 91.4 Å². The molecular weight excluding hydrogens is 400 g/mol. The Morgan fingerprint density at radius 1 is 0.562 bits per heavy atom. The second kappa shape index (κ2) is 28.5. The molecule has 0 N–H and O–H groups in total. The molecule has 0 rings (SSSR count). The van der Waals surface area contributed by atoms with Gasteiger partial charge in [0.15, 0.2) is 13.1 Å². The maximum absolute atomic E-state index is 5.93. The van der Waals surface area contributed by atoms with Crippen LogP contribution in [-0.4, -0.2) is 32.9 Å². The SMILES string of the molecule is CCCCCOCOC=CCCCCCCCCCCCC(OCCCC)OCCCC. The van der Waals surface area contributed by atoms with E-state index in [-0.39, 0.29) is 6.29 Å². The average Bonchev–Trinajstić information content (AvgIpc) is 2.80. The smallest absolute Gasteiger partial charge is 0.188 e. The van der Waals surface area contributed by atoms with Gasteiger partial charge in [-0.2, -0.15) is 0 Å². The van der Waals surface area contributed by atoms with E-state index in [2.05, 4.69) is 26.8 Å². The Morgan fingerprint density at radius 2 is 1.12 bits per heavy atom. The molecular formula is C28H56O4. The van der Waals surface area contributed by atoms with E-state index in [4.69, 9.17) is 18.9 Å². The molecule has 0 aromatic carbocycles. The molecule has 4 heteroatoms. The summed E-state index contributed by atoms with van der Waals surface area (Å²) in [4.78, 5) is 0. The number of rotatable bonds is 27. The van der Waals surface area contributed by atoms with Crippen LogP contribution in [0.15, 0.2) is 12.3 Å². The first-order valence-corrected chi connectivity index (χ1v) is 13.9. The van der Waals surface area contributed by atoms with Crippen molar-refractivity contribution in [3.05, 3.63) is 12.3 Å². The molecule has 192 valence electrons. The molecule has 0 aromatic rings. The van der Waals surface area contributed by atoms with Gasteiger partial charge in [0.05, 0.1) is 12.9 Å². The Hall–Kier alpha value is -0.580. The molecule has 0 aromatic heterocycles. The van der Waals surface area contributed by atoms with Crippen molar-refractivity contribution in [2.75, 3.05) is 26.6 Å². The predicted octanol–water partition coefficient (Wildman–Crippen LogP) is 8.93. The highest BCUT2D eigenvalue weighted by Gasteiger charge is 2.08. The number of ether oxygens (including phenoxy) is 4. The Bertz CT molecular complexity index is 349. The van der Waals surface area contributed by atoms with E-state index in [1.54, 1.807) is 6.26 Å². The first kappa shape index (κ1) is 31.4. The fraction of sp³-hybridized carbons (Fsp3) is 0.929. The minimum absolute atomic E-state index is 0.0193. The maximum atomic E-state index is 5.93. The summed E-state index contributed by atoms with van der Waals surface area (Å²) in [6, 6.07) is 0. The van der Waals surface area contributed by atoms with E-state index in [9.17, 15) is 0 Å². The van der Waals surface area contributed by atoms with Gasteiger partial charge in [-0.3, -0.25) is 0 Å². The third-order valence-corrected chi connectivity index (χ3v) is 5.65. The maximum Gasteiger partial charge on any atom is 0.188 e. The summed E-state index contributed by atoms with van der Waals surface area (Å²) in [5.74, 6) is 0. The van der Waals surface area contributed by atoms with Crippen LogP contribution in [0.4, 0.5) is 0 Å². The van der Waals surface area contributed by atoms with Crippen LogP contribution < -0.4 is 0 Å². The lowest BCUT2D eigenvalue weighted by Gasteiger charge is -2.18. The van der Waals surface area contributed by atoms with Crippen LogP contribution in [0.5, 0.6) is 0 Å². The Morgan fingerprint density at radius 3 is 1.72 bits per heavy atom. The van der Waals surface area contributed by atoms with Crippen LogP contribution in [0.1, 0.15) is 136 Å². The highest BCUT2D eigenvalue weighted by Crippen LogP contribution is 2.14. The standard InChI is InChI=1S/C28H56O4/c1-4-7-20-23-29-27-30-24-21-18-16-14-12-10-11-13-15-17-19-22-28(31-25-8-5-2)32-26-9-6-3/h21,24,28H,4-20,22-23,25-27H2,1-3H3. The molecule has 0 heterocycles. The van der Waals surface area contributed by atoms with Crippen LogP contribution in [0.25, 0.3) is 0 Å². The van der Waals surface area contributed by atoms with Crippen molar-refractivity contribution in [1.82, 2.24) is 0 Å². The molecule has 0 saturated carbocycles. The summed E-state index contributed by atoms with van der Waals surface area (Å²) in [6.07, 6.45) is 26.2. The Balaban J connectivity index is 3.38. The summed E-state index contributed by atoms with van der Waals surface area (Å²) >= 11 is 0. The van der Waals surface area contributed by atoms with E-state index in [1.807, 2.05) is 0 Å². The number of unbranched alkanes of at least 4 members (excludes halogenated alkanes) is 13. The molecule has 0 radical (unpaired) electrons. The predicted molar refractivity (Wildman–Crippen MR) is 137 cm³/mol.